The molecule has 18 aromatic rings. The van der Waals surface area contributed by atoms with E-state index in [0.717, 1.165) is 121 Å². The monoisotopic (exact) mass is 926 g/mol. The highest BCUT2D eigenvalue weighted by Crippen LogP contribution is 2.49. The first kappa shape index (κ1) is 36.3. The number of rotatable bonds is 1. The Morgan fingerprint density at radius 2 is 0.871 bits per heavy atom. The predicted octanol–water partition coefficient (Wildman–Crippen LogP) is 18.1. The third-order valence-corrected chi connectivity index (χ3v) is 17.6. The van der Waals surface area contributed by atoms with Gasteiger partial charge in [0.25, 0.3) is 0 Å². The van der Waals surface area contributed by atoms with Crippen LogP contribution in [-0.2, 0) is 0 Å². The van der Waals surface area contributed by atoms with Gasteiger partial charge < -0.3 is 8.83 Å². The fourth-order valence-corrected chi connectivity index (χ4v) is 14.6. The molecule has 0 unspecified atom stereocenters. The van der Waals surface area contributed by atoms with E-state index in [1.54, 1.807) is 0 Å². The molecule has 0 spiro atoms. The Labute approximate surface area is 402 Å². The van der Waals surface area contributed by atoms with Gasteiger partial charge in [0.15, 0.2) is 0 Å². The molecule has 0 aliphatic heterocycles. The molecule has 322 valence electrons. The summed E-state index contributed by atoms with van der Waals surface area (Å²) in [7, 11) is 0. The third kappa shape index (κ3) is 4.41. The smallest absolute Gasteiger partial charge is 0.150 e. The van der Waals surface area contributed by atoms with Crippen LogP contribution < -0.4 is 0 Å². The molecule has 0 aliphatic carbocycles. The largest absolute Gasteiger partial charge is 0.455 e. The molecule has 0 N–H and O–H groups in total. The standard InChI is InChI=1S/C62H30N4O2S2/c1-7-15-48-33(9-1)35-21-23-40-54-47(66-45-14-6-4-12-43(45)64-62(66)57(40)58(35)67-48)25-24-37-41-29-31(18-27-51(41)70-60(37)54)32-17-19-34-36-20-22-39-53-46(26-28-52-55(53)38-10-2-8-16-50(38)69-52)65-44-13-5-3-11-42(44)63-61(65)56(39)59(36)68-49(34)30-32/h1-30H. The van der Waals surface area contributed by atoms with Crippen LogP contribution in [-0.4, -0.2) is 18.8 Å². The van der Waals surface area contributed by atoms with E-state index < -0.39 is 0 Å². The first-order valence-electron chi connectivity index (χ1n) is 23.5. The Kier molecular flexibility index (Phi) is 6.54. The minimum Gasteiger partial charge on any atom is -0.455 e. The Hall–Kier alpha value is -8.82. The molecule has 10 aromatic carbocycles. The molecule has 18 rings (SSSR count). The van der Waals surface area contributed by atoms with Crippen molar-refractivity contribution < 1.29 is 8.83 Å². The van der Waals surface area contributed by atoms with Gasteiger partial charge in [-0.3, -0.25) is 8.80 Å². The van der Waals surface area contributed by atoms with Gasteiger partial charge in [0.05, 0.1) is 43.9 Å². The van der Waals surface area contributed by atoms with Crippen LogP contribution >= 0.6 is 22.7 Å². The van der Waals surface area contributed by atoms with Crippen molar-refractivity contribution in [3.63, 3.8) is 0 Å². The SMILES string of the molecule is c1ccc2c(c1)nc1c3c(ccc4c5ccccc5oc43)c3c4sc5ccc(-c6ccc7c(c6)oc6c7ccc7c8c9c(ccc8n8c%10ccccc%10nc8c76)sc6ccccc69)cc5c4ccc3n21. The highest BCUT2D eigenvalue weighted by Gasteiger charge is 2.24. The van der Waals surface area contributed by atoms with Gasteiger partial charge in [-0.25, -0.2) is 9.97 Å². The highest BCUT2D eigenvalue weighted by atomic mass is 32.1. The summed E-state index contributed by atoms with van der Waals surface area (Å²) < 4.78 is 23.6. The maximum Gasteiger partial charge on any atom is 0.150 e. The lowest BCUT2D eigenvalue weighted by molar-refractivity contribution is 0.672. The molecule has 6 nitrogen and oxygen atoms in total. The number of fused-ring (bicyclic) bond motifs is 32. The number of hydrogen-bond donors (Lipinski definition) is 0. The molecule has 70 heavy (non-hydrogen) atoms. The minimum absolute atomic E-state index is 0.856. The van der Waals surface area contributed by atoms with Gasteiger partial charge in [-0.2, -0.15) is 0 Å². The maximum atomic E-state index is 7.14. The van der Waals surface area contributed by atoms with Crippen LogP contribution in [0.3, 0.4) is 0 Å². The number of thiophene rings is 2. The summed E-state index contributed by atoms with van der Waals surface area (Å²) >= 11 is 3.71. The lowest BCUT2D eigenvalue weighted by Crippen LogP contribution is -1.92. The van der Waals surface area contributed by atoms with Crippen LogP contribution in [0.2, 0.25) is 0 Å². The van der Waals surface area contributed by atoms with Gasteiger partial charge in [0.2, 0.25) is 0 Å². The number of para-hydroxylation sites is 5. The average Bonchev–Trinajstić information content (AvgIpc) is 4.27. The van der Waals surface area contributed by atoms with Gasteiger partial charge in [-0.05, 0) is 113 Å². The summed E-state index contributed by atoms with van der Waals surface area (Å²) in [5.41, 5.74) is 13.9. The lowest BCUT2D eigenvalue weighted by Gasteiger charge is -2.11. The van der Waals surface area contributed by atoms with E-state index in [0.29, 0.717) is 0 Å². The van der Waals surface area contributed by atoms with E-state index in [-0.39, 0.29) is 0 Å². The number of nitrogens with zero attached hydrogens (tertiary/aromatic N) is 4. The number of pyridine rings is 2. The van der Waals surface area contributed by atoms with Crippen molar-refractivity contribution in [2.75, 3.05) is 0 Å². The summed E-state index contributed by atoms with van der Waals surface area (Å²) in [5.74, 6) is 0. The van der Waals surface area contributed by atoms with Crippen molar-refractivity contribution >= 4 is 184 Å². The Bertz CT molecular complexity index is 5450. The van der Waals surface area contributed by atoms with Crippen molar-refractivity contribution in [2.45, 2.75) is 0 Å². The van der Waals surface area contributed by atoms with E-state index in [4.69, 9.17) is 18.8 Å². The van der Waals surface area contributed by atoms with Crippen LogP contribution in [0.15, 0.2) is 191 Å². The fourth-order valence-electron chi connectivity index (χ4n) is 12.3. The second-order valence-electron chi connectivity index (χ2n) is 18.7. The van der Waals surface area contributed by atoms with E-state index in [1.807, 2.05) is 28.7 Å². The number of furan rings is 2. The normalized spacial score (nSPS) is 12.9. The maximum absolute atomic E-state index is 7.14. The molecule has 0 saturated heterocycles. The van der Waals surface area contributed by atoms with Crippen LogP contribution in [0.5, 0.6) is 0 Å². The van der Waals surface area contributed by atoms with Gasteiger partial charge in [-0.1, -0.05) is 91.0 Å². The van der Waals surface area contributed by atoms with Crippen molar-refractivity contribution in [1.29, 1.82) is 0 Å². The number of aromatic nitrogens is 4. The molecule has 0 amide bonds. The quantitative estimate of drug-likeness (QED) is 0.154. The first-order chi connectivity index (χ1) is 34.7. The highest BCUT2D eigenvalue weighted by molar-refractivity contribution is 7.27. The summed E-state index contributed by atoms with van der Waals surface area (Å²) in [5, 5.41) is 16.2. The van der Waals surface area contributed by atoms with E-state index in [2.05, 4.69) is 185 Å². The third-order valence-electron chi connectivity index (χ3n) is 15.2. The average molecular weight is 927 g/mol. The lowest BCUT2D eigenvalue weighted by atomic mass is 9.98. The van der Waals surface area contributed by atoms with Crippen molar-refractivity contribution in [2.24, 2.45) is 0 Å². The molecule has 8 heterocycles. The molecule has 0 aliphatic rings. The molecule has 8 aromatic heterocycles. The number of hydrogen-bond acceptors (Lipinski definition) is 6. The van der Waals surface area contributed by atoms with E-state index >= 15 is 0 Å². The van der Waals surface area contributed by atoms with Crippen molar-refractivity contribution in [1.82, 2.24) is 18.8 Å². The molecular formula is C62H30N4O2S2. The molecule has 0 bridgehead atoms. The summed E-state index contributed by atoms with van der Waals surface area (Å²) in [6, 6.07) is 65.9. The fraction of sp³-hybridized carbons (Fsp3) is 0. The molecule has 8 heteroatoms. The second kappa shape index (κ2) is 12.6. The molecule has 0 saturated carbocycles. The summed E-state index contributed by atoms with van der Waals surface area (Å²) in [6.45, 7) is 0. The zero-order chi connectivity index (χ0) is 45.1. The summed E-state index contributed by atoms with van der Waals surface area (Å²) in [4.78, 5) is 10.6. The Balaban J connectivity index is 0.876. The molecule has 0 radical (unpaired) electrons. The van der Waals surface area contributed by atoms with Gasteiger partial charge in [-0.15, -0.1) is 22.7 Å². The van der Waals surface area contributed by atoms with E-state index in [1.165, 1.54) is 51.1 Å². The molecular weight excluding hydrogens is 897 g/mol. The van der Waals surface area contributed by atoms with Crippen LogP contribution in [0.1, 0.15) is 0 Å². The zero-order valence-electron chi connectivity index (χ0n) is 36.7. The molecule has 0 fully saturated rings. The van der Waals surface area contributed by atoms with Crippen LogP contribution in [0.4, 0.5) is 0 Å². The first-order valence-corrected chi connectivity index (χ1v) is 25.2. The van der Waals surface area contributed by atoms with Crippen molar-refractivity contribution in [3.05, 3.63) is 182 Å². The van der Waals surface area contributed by atoms with Gasteiger partial charge >= 0.3 is 0 Å². The predicted molar refractivity (Wildman–Crippen MR) is 295 cm³/mol. The minimum atomic E-state index is 0.856. The topological polar surface area (TPSA) is 60.9 Å². The van der Waals surface area contributed by atoms with E-state index in [9.17, 15) is 0 Å². The molecule has 0 atom stereocenters. The van der Waals surface area contributed by atoms with Gasteiger partial charge in [0.1, 0.15) is 33.6 Å². The van der Waals surface area contributed by atoms with Crippen molar-refractivity contribution in [3.8, 4) is 11.1 Å². The van der Waals surface area contributed by atoms with Crippen LogP contribution in [0, 0.1) is 0 Å². The Morgan fingerprint density at radius 1 is 0.329 bits per heavy atom. The Morgan fingerprint density at radius 3 is 1.66 bits per heavy atom. The van der Waals surface area contributed by atoms with Crippen LogP contribution in [0.25, 0.3) is 172 Å². The van der Waals surface area contributed by atoms with Gasteiger partial charge in [0, 0.05) is 72.7 Å². The second-order valence-corrected chi connectivity index (χ2v) is 20.9. The summed E-state index contributed by atoms with van der Waals surface area (Å²) in [6.07, 6.45) is 0. The number of imidazole rings is 2. The zero-order valence-corrected chi connectivity index (χ0v) is 38.4. The number of benzene rings is 10.